The van der Waals surface area contributed by atoms with E-state index in [1.54, 1.807) is 11.1 Å². The lowest BCUT2D eigenvalue weighted by Gasteiger charge is -2.38. The molecule has 116 valence electrons. The van der Waals surface area contributed by atoms with Crippen molar-refractivity contribution in [2.45, 2.75) is 62.2 Å². The molecule has 21 heavy (non-hydrogen) atoms. The van der Waals surface area contributed by atoms with Gasteiger partial charge in [0.05, 0.1) is 0 Å². The van der Waals surface area contributed by atoms with Crippen molar-refractivity contribution in [1.82, 2.24) is 5.32 Å². The van der Waals surface area contributed by atoms with Crippen molar-refractivity contribution in [3.05, 3.63) is 33.8 Å². The number of rotatable bonds is 4. The van der Waals surface area contributed by atoms with E-state index in [1.807, 2.05) is 0 Å². The van der Waals surface area contributed by atoms with E-state index in [0.29, 0.717) is 10.8 Å². The SMILES string of the molecule is CSC1(CNC2CCc3cc(Br)ccc3C2)CCCCC1. The molecule has 0 bridgehead atoms. The molecule has 3 rings (SSSR count). The third-order valence-corrected chi connectivity index (χ3v) is 7.22. The minimum atomic E-state index is 0.512. The zero-order valence-electron chi connectivity index (χ0n) is 13.0. The average Bonchev–Trinajstić information content (AvgIpc) is 2.54. The third-order valence-electron chi connectivity index (χ3n) is 5.31. The molecular formula is C18H26BrNS. The van der Waals surface area contributed by atoms with Crippen LogP contribution in [0.2, 0.25) is 0 Å². The predicted molar refractivity (Wildman–Crippen MR) is 97.3 cm³/mol. The number of aryl methyl sites for hydroxylation is 1. The standard InChI is InChI=1S/C18H26BrNS/c1-21-18(9-3-2-4-10-18)13-20-17-8-6-14-11-16(19)7-5-15(14)12-17/h5,7,11,17,20H,2-4,6,8-10,12-13H2,1H3. The zero-order valence-corrected chi connectivity index (χ0v) is 15.4. The Hall–Kier alpha value is 0.01000. The number of hydrogen-bond acceptors (Lipinski definition) is 2. The van der Waals surface area contributed by atoms with Crippen LogP contribution in [-0.2, 0) is 12.8 Å². The summed E-state index contributed by atoms with van der Waals surface area (Å²) >= 11 is 5.69. The van der Waals surface area contributed by atoms with Gasteiger partial charge < -0.3 is 5.32 Å². The van der Waals surface area contributed by atoms with Gasteiger partial charge in [0.15, 0.2) is 0 Å². The van der Waals surface area contributed by atoms with Gasteiger partial charge in [0.2, 0.25) is 0 Å². The fourth-order valence-corrected chi connectivity index (χ4v) is 5.21. The average molecular weight is 368 g/mol. The molecule has 0 aromatic heterocycles. The summed E-state index contributed by atoms with van der Waals surface area (Å²) in [6.07, 6.45) is 13.1. The van der Waals surface area contributed by atoms with Gasteiger partial charge in [-0.15, -0.1) is 0 Å². The highest BCUT2D eigenvalue weighted by Crippen LogP contribution is 2.38. The summed E-state index contributed by atoms with van der Waals surface area (Å²) in [5, 5.41) is 3.91. The molecule has 1 fully saturated rings. The fourth-order valence-electron chi connectivity index (χ4n) is 3.88. The molecule has 1 atom stereocenters. The van der Waals surface area contributed by atoms with Gasteiger partial charge >= 0.3 is 0 Å². The molecular weight excluding hydrogens is 342 g/mol. The van der Waals surface area contributed by atoms with Gasteiger partial charge in [-0.25, -0.2) is 0 Å². The first-order valence-corrected chi connectivity index (χ1v) is 10.3. The van der Waals surface area contributed by atoms with Crippen molar-refractivity contribution in [2.75, 3.05) is 12.8 Å². The lowest BCUT2D eigenvalue weighted by atomic mass is 9.86. The van der Waals surface area contributed by atoms with Crippen LogP contribution < -0.4 is 5.32 Å². The summed E-state index contributed by atoms with van der Waals surface area (Å²) < 4.78 is 1.73. The summed E-state index contributed by atoms with van der Waals surface area (Å²) in [6, 6.07) is 7.46. The zero-order chi connectivity index (χ0) is 14.7. The van der Waals surface area contributed by atoms with Crippen LogP contribution in [0.15, 0.2) is 22.7 Å². The van der Waals surface area contributed by atoms with E-state index in [-0.39, 0.29) is 0 Å². The van der Waals surface area contributed by atoms with Crippen molar-refractivity contribution < 1.29 is 0 Å². The first-order chi connectivity index (χ1) is 10.2. The molecule has 3 heteroatoms. The highest BCUT2D eigenvalue weighted by Gasteiger charge is 2.32. The number of fused-ring (bicyclic) bond motifs is 1. The van der Waals surface area contributed by atoms with Crippen LogP contribution in [0.3, 0.4) is 0 Å². The molecule has 1 aromatic carbocycles. The summed E-state index contributed by atoms with van der Waals surface area (Å²) in [6.45, 7) is 1.20. The Kier molecular flexibility index (Phi) is 5.34. The van der Waals surface area contributed by atoms with Gasteiger partial charge in [-0.1, -0.05) is 41.3 Å². The first kappa shape index (κ1) is 15.9. The smallest absolute Gasteiger partial charge is 0.0281 e. The summed E-state index contributed by atoms with van der Waals surface area (Å²) in [4.78, 5) is 0. The van der Waals surface area contributed by atoms with Gasteiger partial charge in [-0.05, 0) is 61.6 Å². The molecule has 1 N–H and O–H groups in total. The molecule has 2 aliphatic carbocycles. The summed E-state index contributed by atoms with van der Waals surface area (Å²) in [5.74, 6) is 0. The molecule has 1 aromatic rings. The molecule has 0 heterocycles. The second-order valence-corrected chi connectivity index (χ2v) is 8.87. The van der Waals surface area contributed by atoms with E-state index in [4.69, 9.17) is 0 Å². The lowest BCUT2D eigenvalue weighted by molar-refractivity contribution is 0.350. The van der Waals surface area contributed by atoms with Crippen LogP contribution in [0, 0.1) is 0 Å². The van der Waals surface area contributed by atoms with Crippen LogP contribution in [0.25, 0.3) is 0 Å². The van der Waals surface area contributed by atoms with Crippen LogP contribution in [0.1, 0.15) is 49.7 Å². The second kappa shape index (κ2) is 7.06. The maximum absolute atomic E-state index is 3.91. The molecule has 1 nitrogen and oxygen atoms in total. The van der Waals surface area contributed by atoms with E-state index >= 15 is 0 Å². The number of halogens is 1. The highest BCUT2D eigenvalue weighted by molar-refractivity contribution is 9.10. The maximum Gasteiger partial charge on any atom is 0.0281 e. The van der Waals surface area contributed by atoms with Crippen molar-refractivity contribution in [2.24, 2.45) is 0 Å². The summed E-state index contributed by atoms with van der Waals surface area (Å²) in [5.41, 5.74) is 3.09. The molecule has 0 aliphatic heterocycles. The van der Waals surface area contributed by atoms with Crippen molar-refractivity contribution >= 4 is 27.7 Å². The number of benzene rings is 1. The second-order valence-electron chi connectivity index (χ2n) is 6.68. The Bertz CT molecular complexity index is 482. The quantitative estimate of drug-likeness (QED) is 0.806. The Balaban J connectivity index is 1.58. The molecule has 0 spiro atoms. The Morgan fingerprint density at radius 2 is 2.05 bits per heavy atom. The van der Waals surface area contributed by atoms with Crippen LogP contribution in [0.5, 0.6) is 0 Å². The van der Waals surface area contributed by atoms with E-state index in [9.17, 15) is 0 Å². The molecule has 1 unspecified atom stereocenters. The highest BCUT2D eigenvalue weighted by atomic mass is 79.9. The molecule has 0 saturated heterocycles. The minimum absolute atomic E-state index is 0.512. The van der Waals surface area contributed by atoms with E-state index in [2.05, 4.69) is 57.5 Å². The Labute approximate surface area is 141 Å². The number of hydrogen-bond donors (Lipinski definition) is 1. The maximum atomic E-state index is 3.91. The topological polar surface area (TPSA) is 12.0 Å². The minimum Gasteiger partial charge on any atom is -0.312 e. The third kappa shape index (κ3) is 3.86. The van der Waals surface area contributed by atoms with Gasteiger partial charge in [-0.2, -0.15) is 11.8 Å². The molecule has 2 aliphatic rings. The molecule has 0 amide bonds. The molecule has 0 radical (unpaired) electrons. The van der Waals surface area contributed by atoms with Crippen molar-refractivity contribution in [1.29, 1.82) is 0 Å². The first-order valence-electron chi connectivity index (χ1n) is 8.27. The largest absolute Gasteiger partial charge is 0.312 e. The van der Waals surface area contributed by atoms with Crippen LogP contribution in [-0.4, -0.2) is 23.6 Å². The van der Waals surface area contributed by atoms with Gasteiger partial charge in [-0.3, -0.25) is 0 Å². The monoisotopic (exact) mass is 367 g/mol. The predicted octanol–water partition coefficient (Wildman–Crippen LogP) is 4.96. The van der Waals surface area contributed by atoms with Crippen LogP contribution in [0.4, 0.5) is 0 Å². The fraction of sp³-hybridized carbons (Fsp3) is 0.667. The summed E-state index contributed by atoms with van der Waals surface area (Å²) in [7, 11) is 0. The van der Waals surface area contributed by atoms with Gasteiger partial charge in [0.25, 0.3) is 0 Å². The van der Waals surface area contributed by atoms with Gasteiger partial charge in [0.1, 0.15) is 0 Å². The lowest BCUT2D eigenvalue weighted by Crippen LogP contribution is -2.45. The number of thioether (sulfide) groups is 1. The van der Waals surface area contributed by atoms with Gasteiger partial charge in [0, 0.05) is 21.8 Å². The Morgan fingerprint density at radius 3 is 2.81 bits per heavy atom. The van der Waals surface area contributed by atoms with E-state index in [0.717, 1.165) is 0 Å². The number of nitrogens with one attached hydrogen (secondary N) is 1. The van der Waals surface area contributed by atoms with Crippen molar-refractivity contribution in [3.63, 3.8) is 0 Å². The Morgan fingerprint density at radius 1 is 1.24 bits per heavy atom. The normalized spacial score (nSPS) is 24.6. The van der Waals surface area contributed by atoms with E-state index in [1.165, 1.54) is 62.4 Å². The van der Waals surface area contributed by atoms with E-state index < -0.39 is 0 Å². The van der Waals surface area contributed by atoms with Crippen molar-refractivity contribution in [3.8, 4) is 0 Å². The molecule has 1 saturated carbocycles. The van der Waals surface area contributed by atoms with Crippen LogP contribution >= 0.6 is 27.7 Å².